The molecule has 0 aliphatic carbocycles. The fourth-order valence-corrected chi connectivity index (χ4v) is 3.79. The van der Waals surface area contributed by atoms with Crippen LogP contribution in [0.2, 0.25) is 0 Å². The number of aliphatic hydroxyl groups excluding tert-OH is 1. The van der Waals surface area contributed by atoms with Gasteiger partial charge < -0.3 is 14.6 Å². The summed E-state index contributed by atoms with van der Waals surface area (Å²) in [7, 11) is 0. The molecule has 1 aliphatic rings. The quantitative estimate of drug-likeness (QED) is 0.922. The minimum Gasteiger partial charge on any atom is -0.393 e. The van der Waals surface area contributed by atoms with Gasteiger partial charge in [-0.2, -0.15) is 0 Å². The van der Waals surface area contributed by atoms with Gasteiger partial charge in [0.05, 0.1) is 12.5 Å². The van der Waals surface area contributed by atoms with Crippen molar-refractivity contribution in [2.45, 2.75) is 58.2 Å². The van der Waals surface area contributed by atoms with Crippen LogP contribution in [0.25, 0.3) is 10.9 Å². The number of hydrogen-bond acceptors (Lipinski definition) is 2. The molecule has 4 heteroatoms. The Hall–Kier alpha value is -1.81. The van der Waals surface area contributed by atoms with Gasteiger partial charge in [0.1, 0.15) is 0 Å². The van der Waals surface area contributed by atoms with E-state index >= 15 is 0 Å². The van der Waals surface area contributed by atoms with Crippen LogP contribution < -0.4 is 0 Å². The number of hydrogen-bond donors (Lipinski definition) is 1. The molecule has 2 unspecified atom stereocenters. The van der Waals surface area contributed by atoms with E-state index in [4.69, 9.17) is 0 Å². The molecule has 0 saturated carbocycles. The number of carbonyl (C=O) groups excluding carboxylic acids is 1. The molecular formula is C19H26N2O2. The molecule has 2 heterocycles. The Morgan fingerprint density at radius 1 is 1.39 bits per heavy atom. The molecule has 2 atom stereocenters. The minimum atomic E-state index is -0.351. The number of aromatic nitrogens is 1. The second kappa shape index (κ2) is 6.75. The molecule has 1 saturated heterocycles. The monoisotopic (exact) mass is 314 g/mol. The Kier molecular flexibility index (Phi) is 4.71. The molecule has 1 aromatic heterocycles. The molecular weight excluding hydrogens is 288 g/mol. The smallest absolute Gasteiger partial charge is 0.227 e. The van der Waals surface area contributed by atoms with Crippen LogP contribution in [0.5, 0.6) is 0 Å². The maximum atomic E-state index is 12.8. The molecule has 0 bridgehead atoms. The summed E-state index contributed by atoms with van der Waals surface area (Å²) in [6.45, 7) is 5.65. The highest BCUT2D eigenvalue weighted by Gasteiger charge is 2.29. The third-order valence-electron chi connectivity index (χ3n) is 4.86. The maximum Gasteiger partial charge on any atom is 0.227 e. The van der Waals surface area contributed by atoms with E-state index in [0.717, 1.165) is 31.5 Å². The van der Waals surface area contributed by atoms with Gasteiger partial charge in [0, 0.05) is 36.2 Å². The Bertz CT molecular complexity index is 690. The van der Waals surface area contributed by atoms with Gasteiger partial charge in [0.2, 0.25) is 5.91 Å². The lowest BCUT2D eigenvalue weighted by Gasteiger charge is -2.25. The molecule has 23 heavy (non-hydrogen) atoms. The van der Waals surface area contributed by atoms with Crippen molar-refractivity contribution < 1.29 is 9.90 Å². The molecule has 1 aliphatic heterocycles. The fraction of sp³-hybridized carbons (Fsp3) is 0.526. The average Bonchev–Trinajstić information content (AvgIpc) is 3.12. The van der Waals surface area contributed by atoms with E-state index in [1.54, 1.807) is 6.92 Å². The van der Waals surface area contributed by atoms with Crippen LogP contribution in [-0.4, -0.2) is 39.2 Å². The summed E-state index contributed by atoms with van der Waals surface area (Å²) in [6, 6.07) is 8.48. The Morgan fingerprint density at radius 3 is 2.91 bits per heavy atom. The van der Waals surface area contributed by atoms with E-state index in [1.165, 1.54) is 10.9 Å². The van der Waals surface area contributed by atoms with E-state index < -0.39 is 0 Å². The van der Waals surface area contributed by atoms with Crippen LogP contribution in [0, 0.1) is 0 Å². The summed E-state index contributed by atoms with van der Waals surface area (Å²) < 4.78 is 2.20. The highest BCUT2D eigenvalue weighted by molar-refractivity contribution is 5.89. The van der Waals surface area contributed by atoms with Crippen LogP contribution in [0.15, 0.2) is 30.5 Å². The molecule has 1 aromatic carbocycles. The Morgan fingerprint density at radius 2 is 2.17 bits per heavy atom. The average molecular weight is 314 g/mol. The summed E-state index contributed by atoms with van der Waals surface area (Å²) in [5.74, 6) is 0.187. The normalized spacial score (nSPS) is 19.4. The first-order chi connectivity index (χ1) is 11.1. The van der Waals surface area contributed by atoms with Crippen molar-refractivity contribution in [3.63, 3.8) is 0 Å². The SMILES string of the molecule is CCn1cc(CC(=O)N2CCCC2CC(C)O)c2ccccc21. The third-order valence-corrected chi connectivity index (χ3v) is 4.86. The van der Waals surface area contributed by atoms with Crippen LogP contribution in [0.3, 0.4) is 0 Å². The van der Waals surface area contributed by atoms with Crippen molar-refractivity contribution >= 4 is 16.8 Å². The first-order valence-electron chi connectivity index (χ1n) is 8.64. The zero-order chi connectivity index (χ0) is 16.4. The fourth-order valence-electron chi connectivity index (χ4n) is 3.79. The summed E-state index contributed by atoms with van der Waals surface area (Å²) in [6.07, 6.45) is 4.94. The zero-order valence-electron chi connectivity index (χ0n) is 14.0. The molecule has 1 amide bonds. The predicted octanol–water partition coefficient (Wildman–Crippen LogP) is 2.97. The van der Waals surface area contributed by atoms with E-state index in [9.17, 15) is 9.90 Å². The zero-order valence-corrected chi connectivity index (χ0v) is 14.0. The van der Waals surface area contributed by atoms with E-state index in [-0.39, 0.29) is 18.1 Å². The number of benzene rings is 1. The number of amides is 1. The standard InChI is InChI=1S/C19H26N2O2/c1-3-20-13-15(17-8-4-5-9-18(17)20)12-19(23)21-10-6-7-16(21)11-14(2)22/h4-5,8-9,13-14,16,22H,3,6-7,10-12H2,1-2H3. The molecule has 1 N–H and O–H groups in total. The predicted molar refractivity (Wildman–Crippen MR) is 92.3 cm³/mol. The lowest BCUT2D eigenvalue weighted by molar-refractivity contribution is -0.131. The van der Waals surface area contributed by atoms with Crippen molar-refractivity contribution in [2.75, 3.05) is 6.54 Å². The number of fused-ring (bicyclic) bond motifs is 1. The van der Waals surface area contributed by atoms with Crippen molar-refractivity contribution in [3.8, 4) is 0 Å². The number of para-hydroxylation sites is 1. The number of likely N-dealkylation sites (tertiary alicyclic amines) is 1. The topological polar surface area (TPSA) is 45.5 Å². The highest BCUT2D eigenvalue weighted by atomic mass is 16.3. The lowest BCUT2D eigenvalue weighted by atomic mass is 10.1. The molecule has 124 valence electrons. The maximum absolute atomic E-state index is 12.8. The van der Waals surface area contributed by atoms with Crippen molar-refractivity contribution in [1.82, 2.24) is 9.47 Å². The number of aryl methyl sites for hydroxylation is 1. The van der Waals surface area contributed by atoms with Crippen LogP contribution in [0.4, 0.5) is 0 Å². The van der Waals surface area contributed by atoms with Gasteiger partial charge in [-0.25, -0.2) is 0 Å². The first kappa shape index (κ1) is 16.1. The highest BCUT2D eigenvalue weighted by Crippen LogP contribution is 2.25. The lowest BCUT2D eigenvalue weighted by Crippen LogP contribution is -2.38. The van der Waals surface area contributed by atoms with Gasteiger partial charge in [0.15, 0.2) is 0 Å². The first-order valence-corrected chi connectivity index (χ1v) is 8.64. The summed E-state index contributed by atoms with van der Waals surface area (Å²) in [5, 5.41) is 10.8. The number of rotatable bonds is 5. The van der Waals surface area contributed by atoms with Crippen molar-refractivity contribution in [2.24, 2.45) is 0 Å². The minimum absolute atomic E-state index is 0.187. The molecule has 4 nitrogen and oxygen atoms in total. The summed E-state index contributed by atoms with van der Waals surface area (Å²) >= 11 is 0. The Balaban J connectivity index is 1.80. The summed E-state index contributed by atoms with van der Waals surface area (Å²) in [5.41, 5.74) is 2.30. The third kappa shape index (κ3) is 3.27. The van der Waals surface area contributed by atoms with Gasteiger partial charge in [-0.05, 0) is 44.7 Å². The van der Waals surface area contributed by atoms with Crippen LogP contribution in [-0.2, 0) is 17.8 Å². The second-order valence-electron chi connectivity index (χ2n) is 6.60. The van der Waals surface area contributed by atoms with Gasteiger partial charge in [-0.1, -0.05) is 18.2 Å². The second-order valence-corrected chi connectivity index (χ2v) is 6.60. The molecule has 1 fully saturated rings. The summed E-state index contributed by atoms with van der Waals surface area (Å²) in [4.78, 5) is 14.8. The van der Waals surface area contributed by atoms with E-state index in [0.29, 0.717) is 12.8 Å². The Labute approximate surface area is 137 Å². The van der Waals surface area contributed by atoms with Crippen molar-refractivity contribution in [3.05, 3.63) is 36.0 Å². The largest absolute Gasteiger partial charge is 0.393 e. The number of carbonyl (C=O) groups is 1. The van der Waals surface area contributed by atoms with E-state index in [1.807, 2.05) is 17.0 Å². The molecule has 0 spiro atoms. The van der Waals surface area contributed by atoms with Gasteiger partial charge in [-0.15, -0.1) is 0 Å². The van der Waals surface area contributed by atoms with E-state index in [2.05, 4.69) is 29.8 Å². The van der Waals surface area contributed by atoms with Gasteiger partial charge >= 0.3 is 0 Å². The van der Waals surface area contributed by atoms with Crippen molar-refractivity contribution in [1.29, 1.82) is 0 Å². The number of aliphatic hydroxyl groups is 1. The van der Waals surface area contributed by atoms with Gasteiger partial charge in [-0.3, -0.25) is 4.79 Å². The molecule has 3 rings (SSSR count). The molecule has 0 radical (unpaired) electrons. The van der Waals surface area contributed by atoms with Crippen LogP contribution >= 0.6 is 0 Å². The van der Waals surface area contributed by atoms with Gasteiger partial charge in [0.25, 0.3) is 0 Å². The molecule has 2 aromatic rings. The number of nitrogens with zero attached hydrogens (tertiary/aromatic N) is 2. The van der Waals surface area contributed by atoms with Crippen LogP contribution in [0.1, 0.15) is 38.7 Å².